The van der Waals surface area contributed by atoms with Crippen LogP contribution in [-0.4, -0.2) is 33.5 Å². The molecule has 10 heteroatoms. The number of allylic oxidation sites excluding steroid dienone is 1. The zero-order chi connectivity index (χ0) is 24.8. The number of thioether (sulfide) groups is 1. The first-order valence-electron chi connectivity index (χ1n) is 11.4. The number of carbonyl (C=O) groups is 1. The fourth-order valence-corrected chi connectivity index (χ4v) is 6.34. The second-order valence-corrected chi connectivity index (χ2v) is 10.6. The highest BCUT2D eigenvalue weighted by molar-refractivity contribution is 7.99. The van der Waals surface area contributed by atoms with Gasteiger partial charge in [0, 0.05) is 16.4 Å². The number of thiophene rings is 1. The first-order valence-corrected chi connectivity index (χ1v) is 13.6. The molecule has 35 heavy (non-hydrogen) atoms. The molecule has 0 bridgehead atoms. The van der Waals surface area contributed by atoms with E-state index in [1.54, 1.807) is 42.7 Å². The number of aryl methyl sites for hydroxylation is 1. The highest BCUT2D eigenvalue weighted by Crippen LogP contribution is 2.37. The number of carbonyl (C=O) groups excluding carboxylic acids is 1. The Kier molecular flexibility index (Phi) is 8.50. The number of hydrogen-bond acceptors (Lipinski definition) is 7. The molecule has 1 aromatic carbocycles. The normalized spacial score (nSPS) is 13.3. The number of aromatic nitrogens is 3. The average Bonchev–Trinajstić information content (AvgIpc) is 3.38. The topological polar surface area (TPSA) is 92.8 Å². The van der Waals surface area contributed by atoms with Crippen LogP contribution in [0.25, 0.3) is 11.4 Å². The van der Waals surface area contributed by atoms with Gasteiger partial charge < -0.3 is 10.1 Å². The van der Waals surface area contributed by atoms with Crippen LogP contribution in [0.3, 0.4) is 0 Å². The van der Waals surface area contributed by atoms with E-state index in [-0.39, 0.29) is 11.7 Å². The van der Waals surface area contributed by atoms with Crippen molar-refractivity contribution < 1.29 is 9.53 Å². The number of ether oxygens (including phenoxy) is 1. The molecule has 2 heterocycles. The maximum Gasteiger partial charge on any atom is 0.235 e. The molecule has 0 atom stereocenters. The molecule has 182 valence electrons. The largest absolute Gasteiger partial charge is 0.496 e. The van der Waals surface area contributed by atoms with Crippen LogP contribution >= 0.6 is 34.7 Å². The van der Waals surface area contributed by atoms with E-state index in [1.807, 2.05) is 4.57 Å². The van der Waals surface area contributed by atoms with Crippen molar-refractivity contribution in [3.05, 3.63) is 51.9 Å². The van der Waals surface area contributed by atoms with Gasteiger partial charge in [-0.2, -0.15) is 5.26 Å². The summed E-state index contributed by atoms with van der Waals surface area (Å²) < 4.78 is 7.34. The van der Waals surface area contributed by atoms with Gasteiger partial charge in [-0.3, -0.25) is 9.36 Å². The molecular weight excluding hydrogens is 502 g/mol. The second-order valence-electron chi connectivity index (χ2n) is 8.12. The van der Waals surface area contributed by atoms with Crippen LogP contribution in [0.15, 0.2) is 36.0 Å². The number of rotatable bonds is 8. The highest BCUT2D eigenvalue weighted by atomic mass is 35.5. The summed E-state index contributed by atoms with van der Waals surface area (Å²) in [6.07, 6.45) is 8.23. The molecule has 1 N–H and O–H groups in total. The Balaban J connectivity index is 1.51. The molecular formula is C25H26ClN5O2S2. The third-order valence-electron chi connectivity index (χ3n) is 5.80. The summed E-state index contributed by atoms with van der Waals surface area (Å²) in [7, 11) is 1.59. The van der Waals surface area contributed by atoms with E-state index >= 15 is 0 Å². The molecule has 7 nitrogen and oxygen atoms in total. The van der Waals surface area contributed by atoms with Crippen LogP contribution in [0.5, 0.6) is 5.75 Å². The van der Waals surface area contributed by atoms with Crippen LogP contribution in [0.1, 0.15) is 41.7 Å². The summed E-state index contributed by atoms with van der Waals surface area (Å²) >= 11 is 9.03. The minimum Gasteiger partial charge on any atom is -0.496 e. The van der Waals surface area contributed by atoms with E-state index in [1.165, 1.54) is 29.5 Å². The lowest BCUT2D eigenvalue weighted by molar-refractivity contribution is -0.113. The standard InChI is InChI=1S/C25H26ClN5O2S2/c1-3-12-31-23(18-13-16(26)10-11-20(18)33-2)29-30-25(31)34-15-22(32)28-24-19(14-27)17-8-6-4-5-7-9-21(17)35-24/h3,10-11,13H,1,4-9,12,15H2,2H3,(H,28,32). The molecule has 0 unspecified atom stereocenters. The van der Waals surface area contributed by atoms with E-state index in [9.17, 15) is 10.1 Å². The van der Waals surface area contributed by atoms with E-state index in [2.05, 4.69) is 28.2 Å². The Hall–Kier alpha value is -2.80. The fourth-order valence-electron chi connectivity index (χ4n) is 4.16. The summed E-state index contributed by atoms with van der Waals surface area (Å²) in [5, 5.41) is 23.2. The second kappa shape index (κ2) is 11.8. The smallest absolute Gasteiger partial charge is 0.235 e. The number of fused-ring (bicyclic) bond motifs is 1. The number of methoxy groups -OCH3 is 1. The molecule has 0 saturated carbocycles. The quantitative estimate of drug-likeness (QED) is 0.280. The van der Waals surface area contributed by atoms with Gasteiger partial charge in [0.2, 0.25) is 5.91 Å². The fraction of sp³-hybridized carbons (Fsp3) is 0.360. The maximum atomic E-state index is 12.8. The van der Waals surface area contributed by atoms with Crippen molar-refractivity contribution in [3.8, 4) is 23.2 Å². The third-order valence-corrected chi connectivity index (χ3v) is 8.21. The van der Waals surface area contributed by atoms with Crippen LogP contribution < -0.4 is 10.1 Å². The zero-order valence-corrected chi connectivity index (χ0v) is 21.9. The van der Waals surface area contributed by atoms with Crippen molar-refractivity contribution >= 4 is 45.6 Å². The number of nitrogens with one attached hydrogen (secondary N) is 1. The number of nitrogens with zero attached hydrogens (tertiary/aromatic N) is 4. The molecule has 3 aromatic rings. The van der Waals surface area contributed by atoms with Gasteiger partial charge in [0.25, 0.3) is 0 Å². The summed E-state index contributed by atoms with van der Waals surface area (Å²) in [5.74, 6) is 1.15. The Bertz CT molecular complexity index is 1280. The molecule has 1 amide bonds. The Morgan fingerprint density at radius 3 is 2.89 bits per heavy atom. The number of benzene rings is 1. The van der Waals surface area contributed by atoms with Gasteiger partial charge in [-0.25, -0.2) is 0 Å². The summed E-state index contributed by atoms with van der Waals surface area (Å²) in [6.45, 7) is 4.29. The molecule has 1 aliphatic carbocycles. The van der Waals surface area contributed by atoms with Gasteiger partial charge in [0.05, 0.1) is 24.0 Å². The minimum absolute atomic E-state index is 0.134. The number of amides is 1. The van der Waals surface area contributed by atoms with Gasteiger partial charge in [-0.1, -0.05) is 42.3 Å². The summed E-state index contributed by atoms with van der Waals surface area (Å²) in [4.78, 5) is 14.1. The van der Waals surface area contributed by atoms with E-state index < -0.39 is 0 Å². The molecule has 0 saturated heterocycles. The molecule has 1 aliphatic rings. The molecule has 4 rings (SSSR count). The van der Waals surface area contributed by atoms with Gasteiger partial charge in [-0.05, 0) is 49.4 Å². The Labute approximate surface area is 218 Å². The van der Waals surface area contributed by atoms with Crippen molar-refractivity contribution in [2.75, 3.05) is 18.2 Å². The van der Waals surface area contributed by atoms with Gasteiger partial charge >= 0.3 is 0 Å². The van der Waals surface area contributed by atoms with E-state index in [0.717, 1.165) is 31.2 Å². The van der Waals surface area contributed by atoms with Crippen LogP contribution in [0.2, 0.25) is 5.02 Å². The van der Waals surface area contributed by atoms with Crippen LogP contribution in [0, 0.1) is 11.3 Å². The average molecular weight is 528 g/mol. The van der Waals surface area contributed by atoms with Gasteiger partial charge in [0.1, 0.15) is 16.8 Å². The zero-order valence-electron chi connectivity index (χ0n) is 19.5. The number of anilines is 1. The number of halogens is 1. The van der Waals surface area contributed by atoms with Crippen molar-refractivity contribution in [1.29, 1.82) is 5.26 Å². The number of nitriles is 1. The lowest BCUT2D eigenvalue weighted by Gasteiger charge is -2.11. The highest BCUT2D eigenvalue weighted by Gasteiger charge is 2.22. The first kappa shape index (κ1) is 25.3. The molecule has 0 spiro atoms. The van der Waals surface area contributed by atoms with E-state index in [4.69, 9.17) is 16.3 Å². The van der Waals surface area contributed by atoms with Gasteiger partial charge in [0.15, 0.2) is 11.0 Å². The van der Waals surface area contributed by atoms with Gasteiger partial charge in [-0.15, -0.1) is 28.1 Å². The predicted molar refractivity (Wildman–Crippen MR) is 141 cm³/mol. The van der Waals surface area contributed by atoms with E-state index in [0.29, 0.717) is 44.4 Å². The first-order chi connectivity index (χ1) is 17.0. The van der Waals surface area contributed by atoms with Crippen molar-refractivity contribution in [2.24, 2.45) is 0 Å². The lowest BCUT2D eigenvalue weighted by atomic mass is 9.97. The molecule has 0 radical (unpaired) electrons. The molecule has 2 aromatic heterocycles. The minimum atomic E-state index is -0.184. The van der Waals surface area contributed by atoms with Crippen molar-refractivity contribution in [2.45, 2.75) is 50.2 Å². The molecule has 0 fully saturated rings. The van der Waals surface area contributed by atoms with Crippen molar-refractivity contribution in [1.82, 2.24) is 14.8 Å². The van der Waals surface area contributed by atoms with Crippen LogP contribution in [-0.2, 0) is 24.2 Å². The third kappa shape index (κ3) is 5.72. The SMILES string of the molecule is C=CCn1c(SCC(=O)Nc2sc3c(c2C#N)CCCCCC3)nnc1-c1cc(Cl)ccc1OC. The van der Waals surface area contributed by atoms with Crippen LogP contribution in [0.4, 0.5) is 5.00 Å². The number of hydrogen-bond donors (Lipinski definition) is 1. The summed E-state index contributed by atoms with van der Waals surface area (Å²) in [5.41, 5.74) is 2.45. The molecule has 0 aliphatic heterocycles. The Morgan fingerprint density at radius 1 is 1.34 bits per heavy atom. The lowest BCUT2D eigenvalue weighted by Crippen LogP contribution is -2.14. The predicted octanol–water partition coefficient (Wildman–Crippen LogP) is 6.12. The maximum absolute atomic E-state index is 12.8. The monoisotopic (exact) mass is 527 g/mol. The summed E-state index contributed by atoms with van der Waals surface area (Å²) in [6, 6.07) is 7.63. The van der Waals surface area contributed by atoms with Crippen molar-refractivity contribution in [3.63, 3.8) is 0 Å². The Morgan fingerprint density at radius 2 is 2.14 bits per heavy atom.